The van der Waals surface area contributed by atoms with Crippen molar-refractivity contribution in [2.24, 2.45) is 0 Å². The molecule has 25 heavy (non-hydrogen) atoms. The van der Waals surface area contributed by atoms with Crippen molar-refractivity contribution in [2.75, 3.05) is 11.4 Å². The zero-order valence-corrected chi connectivity index (χ0v) is 14.0. The Morgan fingerprint density at radius 2 is 1.68 bits per heavy atom. The largest absolute Gasteiger partial charge is 0.469 e. The Kier molecular flexibility index (Phi) is 4.46. The van der Waals surface area contributed by atoms with Crippen molar-refractivity contribution < 1.29 is 4.42 Å². The van der Waals surface area contributed by atoms with Crippen LogP contribution in [0.25, 0.3) is 10.9 Å². The summed E-state index contributed by atoms with van der Waals surface area (Å²) < 4.78 is 5.50. The van der Waals surface area contributed by atoms with Gasteiger partial charge < -0.3 is 9.32 Å². The van der Waals surface area contributed by atoms with E-state index in [9.17, 15) is 0 Å². The molecule has 3 nitrogen and oxygen atoms in total. The maximum Gasteiger partial charge on any atom is 0.105 e. The number of benzene rings is 2. The number of furan rings is 1. The van der Waals surface area contributed by atoms with Crippen molar-refractivity contribution in [1.82, 2.24) is 4.98 Å². The lowest BCUT2D eigenvalue weighted by atomic mass is 10.1. The number of aromatic nitrogens is 1. The van der Waals surface area contributed by atoms with Gasteiger partial charge in [-0.15, -0.1) is 0 Å². The summed E-state index contributed by atoms with van der Waals surface area (Å²) in [6.45, 7) is 1.74. The van der Waals surface area contributed by atoms with E-state index < -0.39 is 0 Å². The zero-order chi connectivity index (χ0) is 16.9. The Balaban J connectivity index is 1.63. The van der Waals surface area contributed by atoms with Crippen LogP contribution in [0.3, 0.4) is 0 Å². The maximum atomic E-state index is 5.50. The molecule has 0 unspecified atom stereocenters. The first-order valence-corrected chi connectivity index (χ1v) is 8.55. The fraction of sp³-hybridized carbons (Fsp3) is 0.136. The molecule has 2 heterocycles. The highest BCUT2D eigenvalue weighted by Gasteiger charge is 2.11. The molecule has 3 heteroatoms. The maximum absolute atomic E-state index is 5.50. The van der Waals surface area contributed by atoms with Crippen molar-refractivity contribution in [3.63, 3.8) is 0 Å². The van der Waals surface area contributed by atoms with Crippen LogP contribution in [0.2, 0.25) is 0 Å². The molecule has 0 saturated carbocycles. The summed E-state index contributed by atoms with van der Waals surface area (Å²) in [6, 6.07) is 24.9. The van der Waals surface area contributed by atoms with Crippen LogP contribution in [0.5, 0.6) is 0 Å². The van der Waals surface area contributed by atoms with E-state index in [-0.39, 0.29) is 0 Å². The molecule has 0 radical (unpaired) electrons. The van der Waals surface area contributed by atoms with Crippen molar-refractivity contribution in [1.29, 1.82) is 0 Å². The van der Waals surface area contributed by atoms with Gasteiger partial charge in [0.05, 0.1) is 11.8 Å². The van der Waals surface area contributed by atoms with Gasteiger partial charge in [-0.05, 0) is 42.0 Å². The van der Waals surface area contributed by atoms with E-state index >= 15 is 0 Å². The highest BCUT2D eigenvalue weighted by atomic mass is 16.3. The Morgan fingerprint density at radius 1 is 0.840 bits per heavy atom. The standard InChI is InChI=1S/C22H20N2O/c1-2-7-19(8-3-1)24(15-13-20-9-6-16-25-20)17-18-12-14-23-22-11-5-4-10-21(18)22/h1-12,14,16H,13,15,17H2. The molecule has 2 aromatic heterocycles. The van der Waals surface area contributed by atoms with Gasteiger partial charge in [0, 0.05) is 36.8 Å². The normalized spacial score (nSPS) is 10.9. The molecule has 0 aliphatic carbocycles. The van der Waals surface area contributed by atoms with Crippen LogP contribution >= 0.6 is 0 Å². The summed E-state index contributed by atoms with van der Waals surface area (Å²) >= 11 is 0. The van der Waals surface area contributed by atoms with E-state index in [2.05, 4.69) is 64.5 Å². The fourth-order valence-electron chi connectivity index (χ4n) is 3.14. The minimum Gasteiger partial charge on any atom is -0.469 e. The van der Waals surface area contributed by atoms with Crippen molar-refractivity contribution in [3.05, 3.63) is 96.6 Å². The van der Waals surface area contributed by atoms with Crippen LogP contribution < -0.4 is 4.90 Å². The van der Waals surface area contributed by atoms with Crippen molar-refractivity contribution >= 4 is 16.6 Å². The van der Waals surface area contributed by atoms with Gasteiger partial charge in [0.2, 0.25) is 0 Å². The molecule has 0 bridgehead atoms. The fourth-order valence-corrected chi connectivity index (χ4v) is 3.14. The molecule has 0 amide bonds. The average molecular weight is 328 g/mol. The Bertz CT molecular complexity index is 927. The molecule has 0 saturated heterocycles. The Labute approximate surface area is 147 Å². The molecule has 0 aliphatic rings. The lowest BCUT2D eigenvalue weighted by Crippen LogP contribution is -2.25. The molecule has 0 aliphatic heterocycles. The molecule has 4 rings (SSSR count). The SMILES string of the molecule is c1ccc(N(CCc2ccco2)Cc2ccnc3ccccc23)cc1. The molecule has 0 atom stereocenters. The number of fused-ring (bicyclic) bond motifs is 1. The van der Waals surface area contributed by atoms with Gasteiger partial charge in [0.25, 0.3) is 0 Å². The molecule has 0 fully saturated rings. The predicted molar refractivity (Wildman–Crippen MR) is 102 cm³/mol. The minimum atomic E-state index is 0.841. The first-order valence-electron chi connectivity index (χ1n) is 8.55. The number of anilines is 1. The minimum absolute atomic E-state index is 0.841. The summed E-state index contributed by atoms with van der Waals surface area (Å²) in [5.41, 5.74) is 3.54. The molecular weight excluding hydrogens is 308 g/mol. The van der Waals surface area contributed by atoms with E-state index in [1.54, 1.807) is 6.26 Å². The highest BCUT2D eigenvalue weighted by Crippen LogP contribution is 2.22. The van der Waals surface area contributed by atoms with Gasteiger partial charge in [-0.3, -0.25) is 4.98 Å². The quantitative estimate of drug-likeness (QED) is 0.494. The molecule has 0 N–H and O–H groups in total. The van der Waals surface area contributed by atoms with E-state index in [0.717, 1.165) is 30.8 Å². The zero-order valence-electron chi connectivity index (χ0n) is 14.0. The van der Waals surface area contributed by atoms with E-state index in [1.807, 2.05) is 24.4 Å². The molecule has 2 aromatic carbocycles. The van der Waals surface area contributed by atoms with Gasteiger partial charge in [-0.2, -0.15) is 0 Å². The van der Waals surface area contributed by atoms with E-state index in [1.165, 1.54) is 16.6 Å². The number of pyridine rings is 1. The second-order valence-corrected chi connectivity index (χ2v) is 6.07. The van der Waals surface area contributed by atoms with Crippen LogP contribution in [0.4, 0.5) is 5.69 Å². The summed E-state index contributed by atoms with van der Waals surface area (Å²) in [7, 11) is 0. The molecule has 4 aromatic rings. The van der Waals surface area contributed by atoms with E-state index in [0.29, 0.717) is 0 Å². The second kappa shape index (κ2) is 7.22. The third-order valence-electron chi connectivity index (χ3n) is 4.43. The Morgan fingerprint density at radius 3 is 2.52 bits per heavy atom. The van der Waals surface area contributed by atoms with Crippen LogP contribution in [0.15, 0.2) is 89.7 Å². The third kappa shape index (κ3) is 3.56. The molecule has 124 valence electrons. The van der Waals surface area contributed by atoms with Gasteiger partial charge >= 0.3 is 0 Å². The highest BCUT2D eigenvalue weighted by molar-refractivity contribution is 5.82. The molecule has 0 spiro atoms. The van der Waals surface area contributed by atoms with E-state index in [4.69, 9.17) is 4.42 Å². The number of rotatable bonds is 6. The van der Waals surface area contributed by atoms with Crippen molar-refractivity contribution in [2.45, 2.75) is 13.0 Å². The number of hydrogen-bond donors (Lipinski definition) is 0. The lowest BCUT2D eigenvalue weighted by Gasteiger charge is -2.25. The predicted octanol–water partition coefficient (Wildman–Crippen LogP) is 5.08. The monoisotopic (exact) mass is 328 g/mol. The summed E-state index contributed by atoms with van der Waals surface area (Å²) in [5, 5.41) is 1.21. The smallest absolute Gasteiger partial charge is 0.105 e. The third-order valence-corrected chi connectivity index (χ3v) is 4.43. The topological polar surface area (TPSA) is 29.3 Å². The number of nitrogens with zero attached hydrogens (tertiary/aromatic N) is 2. The van der Waals surface area contributed by atoms with Crippen LogP contribution in [0.1, 0.15) is 11.3 Å². The first-order chi connectivity index (χ1) is 12.4. The summed E-state index contributed by atoms with van der Waals surface area (Å²) in [6.07, 6.45) is 4.51. The van der Waals surface area contributed by atoms with Crippen molar-refractivity contribution in [3.8, 4) is 0 Å². The van der Waals surface area contributed by atoms with Crippen LogP contribution in [-0.2, 0) is 13.0 Å². The van der Waals surface area contributed by atoms with Gasteiger partial charge in [0.15, 0.2) is 0 Å². The number of hydrogen-bond acceptors (Lipinski definition) is 3. The first kappa shape index (κ1) is 15.5. The van der Waals surface area contributed by atoms with Gasteiger partial charge in [-0.1, -0.05) is 36.4 Å². The Hall–Kier alpha value is -3.07. The van der Waals surface area contributed by atoms with Crippen LogP contribution in [-0.4, -0.2) is 11.5 Å². The summed E-state index contributed by atoms with van der Waals surface area (Å²) in [4.78, 5) is 6.87. The second-order valence-electron chi connectivity index (χ2n) is 6.07. The summed E-state index contributed by atoms with van der Waals surface area (Å²) in [5.74, 6) is 1.01. The van der Waals surface area contributed by atoms with Gasteiger partial charge in [0.1, 0.15) is 5.76 Å². The average Bonchev–Trinajstić information content (AvgIpc) is 3.19. The van der Waals surface area contributed by atoms with Gasteiger partial charge in [-0.25, -0.2) is 0 Å². The lowest BCUT2D eigenvalue weighted by molar-refractivity contribution is 0.506. The molecular formula is C22H20N2O. The van der Waals surface area contributed by atoms with Crippen LogP contribution in [0, 0.1) is 0 Å². The number of para-hydroxylation sites is 2.